The number of hydrogen-bond donors (Lipinski definition) is 0. The molecule has 0 aliphatic heterocycles. The molecule has 0 atom stereocenters. The molecule has 0 aromatic rings. The molecule has 0 radical (unpaired) electrons. The van der Waals surface area contributed by atoms with Gasteiger partial charge in [0.25, 0.3) is 0 Å². The summed E-state index contributed by atoms with van der Waals surface area (Å²) < 4.78 is 4.69. The first-order valence-corrected chi connectivity index (χ1v) is 3.92. The highest BCUT2D eigenvalue weighted by molar-refractivity contribution is 5.82. The molecule has 2 heteroatoms. The predicted octanol–water partition coefficient (Wildman–Crippen LogP) is 2.24. The molecule has 0 fully saturated rings. The van der Waals surface area contributed by atoms with Gasteiger partial charge in [0.1, 0.15) is 6.61 Å². The third kappa shape index (κ3) is 6.81. The van der Waals surface area contributed by atoms with E-state index in [0.717, 1.165) is 6.42 Å². The average Bonchev–Trinajstić information content (AvgIpc) is 2.09. The van der Waals surface area contributed by atoms with E-state index < -0.39 is 0 Å². The molecule has 0 aromatic heterocycles. The van der Waals surface area contributed by atoms with Crippen molar-refractivity contribution in [2.24, 2.45) is 0 Å². The maximum Gasteiger partial charge on any atom is 0.331 e. The van der Waals surface area contributed by atoms with Gasteiger partial charge in [-0.1, -0.05) is 37.8 Å². The van der Waals surface area contributed by atoms with E-state index in [4.69, 9.17) is 4.74 Å². The van der Waals surface area contributed by atoms with Gasteiger partial charge >= 0.3 is 5.97 Å². The number of carbonyl (C=O) groups is 1. The quantitative estimate of drug-likeness (QED) is 0.271. The SMILES string of the molecule is C=CCOC(=O)/C=C/C=C/CC. The Hall–Kier alpha value is -1.31. The Morgan fingerprint density at radius 3 is 2.83 bits per heavy atom. The third-order valence-corrected chi connectivity index (χ3v) is 1.06. The molecule has 0 aliphatic carbocycles. The highest BCUT2D eigenvalue weighted by atomic mass is 16.5. The molecule has 12 heavy (non-hydrogen) atoms. The zero-order valence-electron chi connectivity index (χ0n) is 7.32. The fraction of sp³-hybridized carbons (Fsp3) is 0.300. The summed E-state index contributed by atoms with van der Waals surface area (Å²) in [5, 5.41) is 0. The van der Waals surface area contributed by atoms with Gasteiger partial charge < -0.3 is 4.74 Å². The van der Waals surface area contributed by atoms with Crippen LogP contribution in [0.15, 0.2) is 37.0 Å². The van der Waals surface area contributed by atoms with Gasteiger partial charge in [-0.3, -0.25) is 0 Å². The summed E-state index contributed by atoms with van der Waals surface area (Å²) >= 11 is 0. The Morgan fingerprint density at radius 1 is 1.50 bits per heavy atom. The van der Waals surface area contributed by atoms with Gasteiger partial charge in [0, 0.05) is 6.08 Å². The molecule has 0 saturated heterocycles. The van der Waals surface area contributed by atoms with Crippen molar-refractivity contribution in [3.63, 3.8) is 0 Å². The molecule has 0 heterocycles. The maximum absolute atomic E-state index is 10.8. The van der Waals surface area contributed by atoms with Crippen LogP contribution in [0.1, 0.15) is 13.3 Å². The minimum Gasteiger partial charge on any atom is -0.458 e. The third-order valence-electron chi connectivity index (χ3n) is 1.06. The minimum absolute atomic E-state index is 0.265. The number of carbonyl (C=O) groups excluding carboxylic acids is 1. The lowest BCUT2D eigenvalue weighted by Crippen LogP contribution is -1.99. The molecule has 0 amide bonds. The van der Waals surface area contributed by atoms with Crippen LogP contribution in [-0.2, 0) is 9.53 Å². The van der Waals surface area contributed by atoms with Crippen LogP contribution in [0.3, 0.4) is 0 Å². The van der Waals surface area contributed by atoms with Crippen LogP contribution in [0.5, 0.6) is 0 Å². The second-order valence-electron chi connectivity index (χ2n) is 2.11. The van der Waals surface area contributed by atoms with Gasteiger partial charge in [-0.25, -0.2) is 4.79 Å². The minimum atomic E-state index is -0.337. The first-order chi connectivity index (χ1) is 5.81. The smallest absolute Gasteiger partial charge is 0.331 e. The van der Waals surface area contributed by atoms with Crippen LogP contribution in [0, 0.1) is 0 Å². The maximum atomic E-state index is 10.8. The summed E-state index contributed by atoms with van der Waals surface area (Å²) in [6.45, 7) is 5.72. The lowest BCUT2D eigenvalue weighted by molar-refractivity contribution is -0.136. The fourth-order valence-electron chi connectivity index (χ4n) is 0.538. The molecule has 0 N–H and O–H groups in total. The Bertz CT molecular complexity index is 190. The molecular weight excluding hydrogens is 152 g/mol. The van der Waals surface area contributed by atoms with Gasteiger partial charge in [-0.2, -0.15) is 0 Å². The van der Waals surface area contributed by atoms with Crippen LogP contribution in [0.2, 0.25) is 0 Å². The zero-order valence-corrected chi connectivity index (χ0v) is 7.32. The number of esters is 1. The van der Waals surface area contributed by atoms with Crippen molar-refractivity contribution >= 4 is 5.97 Å². The number of hydrogen-bond acceptors (Lipinski definition) is 2. The number of allylic oxidation sites excluding steroid dienone is 3. The van der Waals surface area contributed by atoms with Crippen molar-refractivity contribution in [1.82, 2.24) is 0 Å². The molecular formula is C10H14O2. The molecule has 0 saturated carbocycles. The van der Waals surface area contributed by atoms with Crippen LogP contribution < -0.4 is 0 Å². The molecule has 0 aliphatic rings. The van der Waals surface area contributed by atoms with Crippen LogP contribution in [0.25, 0.3) is 0 Å². The number of rotatable bonds is 5. The fourth-order valence-corrected chi connectivity index (χ4v) is 0.538. The predicted molar refractivity (Wildman–Crippen MR) is 49.7 cm³/mol. The second-order valence-corrected chi connectivity index (χ2v) is 2.11. The summed E-state index contributed by atoms with van der Waals surface area (Å²) in [5.41, 5.74) is 0. The van der Waals surface area contributed by atoms with Crippen molar-refractivity contribution in [1.29, 1.82) is 0 Å². The van der Waals surface area contributed by atoms with Gasteiger partial charge in [0.2, 0.25) is 0 Å². The summed E-state index contributed by atoms with van der Waals surface area (Å²) in [7, 11) is 0. The lowest BCUT2D eigenvalue weighted by atomic mass is 10.4. The van der Waals surface area contributed by atoms with E-state index in [1.54, 1.807) is 6.08 Å². The second kappa shape index (κ2) is 7.79. The molecule has 0 aromatic carbocycles. The van der Waals surface area contributed by atoms with E-state index in [2.05, 4.69) is 6.58 Å². The van der Waals surface area contributed by atoms with E-state index in [0.29, 0.717) is 0 Å². The van der Waals surface area contributed by atoms with E-state index in [1.807, 2.05) is 19.1 Å². The zero-order chi connectivity index (χ0) is 9.23. The monoisotopic (exact) mass is 166 g/mol. The van der Waals surface area contributed by atoms with E-state index >= 15 is 0 Å². The highest BCUT2D eigenvalue weighted by Gasteiger charge is 1.90. The Morgan fingerprint density at radius 2 is 2.25 bits per heavy atom. The van der Waals surface area contributed by atoms with Gasteiger partial charge in [-0.05, 0) is 6.42 Å². The van der Waals surface area contributed by atoms with Crippen molar-refractivity contribution < 1.29 is 9.53 Å². The lowest BCUT2D eigenvalue weighted by Gasteiger charge is -1.93. The standard InChI is InChI=1S/C10H14O2/c1-3-5-6-7-8-10(11)12-9-4-2/h4-8H,2-3,9H2,1H3/b6-5+,8-7+. The van der Waals surface area contributed by atoms with Gasteiger partial charge in [0.05, 0.1) is 0 Å². The van der Waals surface area contributed by atoms with E-state index in [-0.39, 0.29) is 12.6 Å². The van der Waals surface area contributed by atoms with Crippen molar-refractivity contribution in [2.45, 2.75) is 13.3 Å². The Kier molecular flexibility index (Phi) is 6.94. The van der Waals surface area contributed by atoms with Crippen LogP contribution in [-0.4, -0.2) is 12.6 Å². The summed E-state index contributed by atoms with van der Waals surface area (Å²) in [6, 6.07) is 0. The Labute approximate surface area is 73.2 Å². The van der Waals surface area contributed by atoms with Crippen LogP contribution >= 0.6 is 0 Å². The topological polar surface area (TPSA) is 26.3 Å². The largest absolute Gasteiger partial charge is 0.458 e. The first kappa shape index (κ1) is 10.7. The average molecular weight is 166 g/mol. The summed E-state index contributed by atoms with van der Waals surface area (Å²) in [5.74, 6) is -0.337. The molecule has 0 unspecified atom stereocenters. The first-order valence-electron chi connectivity index (χ1n) is 3.92. The summed E-state index contributed by atoms with van der Waals surface area (Å²) in [6.07, 6.45) is 9.32. The molecule has 66 valence electrons. The van der Waals surface area contributed by atoms with Crippen molar-refractivity contribution in [3.8, 4) is 0 Å². The van der Waals surface area contributed by atoms with Crippen molar-refractivity contribution in [2.75, 3.05) is 6.61 Å². The molecule has 0 rings (SSSR count). The summed E-state index contributed by atoms with van der Waals surface area (Å²) in [4.78, 5) is 10.8. The van der Waals surface area contributed by atoms with E-state index in [9.17, 15) is 4.79 Å². The van der Waals surface area contributed by atoms with Crippen LogP contribution in [0.4, 0.5) is 0 Å². The van der Waals surface area contributed by atoms with Gasteiger partial charge in [-0.15, -0.1) is 0 Å². The van der Waals surface area contributed by atoms with Crippen molar-refractivity contribution in [3.05, 3.63) is 37.0 Å². The highest BCUT2D eigenvalue weighted by Crippen LogP contribution is 1.85. The van der Waals surface area contributed by atoms with Gasteiger partial charge in [0.15, 0.2) is 0 Å². The Balaban J connectivity index is 3.60. The molecule has 0 bridgehead atoms. The molecule has 2 nitrogen and oxygen atoms in total. The van der Waals surface area contributed by atoms with E-state index in [1.165, 1.54) is 12.2 Å². The molecule has 0 spiro atoms. The number of ether oxygens (including phenoxy) is 1. The normalized spacial score (nSPS) is 10.8.